The van der Waals surface area contributed by atoms with E-state index in [1.54, 1.807) is 6.20 Å². The van der Waals surface area contributed by atoms with E-state index in [9.17, 15) is 4.79 Å². The second-order valence-electron chi connectivity index (χ2n) is 6.31. The molecular formula is C15H26BN3O. The molecule has 0 atom stereocenters. The number of carbonyl (C=O) groups excluding carboxylic acids is 1. The number of carbonyl (C=O) groups is 1. The van der Waals surface area contributed by atoms with Gasteiger partial charge in [-0.2, -0.15) is 0 Å². The molecule has 0 aromatic carbocycles. The van der Waals surface area contributed by atoms with Gasteiger partial charge in [-0.15, -0.1) is 0 Å². The van der Waals surface area contributed by atoms with Crippen LogP contribution in [0.5, 0.6) is 0 Å². The highest BCUT2D eigenvalue weighted by molar-refractivity contribution is 6.30. The molecule has 1 aromatic rings. The third-order valence-electron chi connectivity index (χ3n) is 3.04. The van der Waals surface area contributed by atoms with Crippen LogP contribution in [0.2, 0.25) is 0 Å². The van der Waals surface area contributed by atoms with E-state index < -0.39 is 0 Å². The van der Waals surface area contributed by atoms with Gasteiger partial charge in [0.15, 0.2) is 7.85 Å². The molecule has 0 aliphatic rings. The number of rotatable bonds is 6. The van der Waals surface area contributed by atoms with E-state index in [0.717, 1.165) is 25.2 Å². The Hall–Kier alpha value is -1.36. The molecule has 0 radical (unpaired) electrons. The maximum absolute atomic E-state index is 12.3. The van der Waals surface area contributed by atoms with Crippen molar-refractivity contribution in [2.75, 3.05) is 26.2 Å². The zero-order chi connectivity index (χ0) is 15.2. The van der Waals surface area contributed by atoms with Gasteiger partial charge in [-0.3, -0.25) is 9.78 Å². The van der Waals surface area contributed by atoms with E-state index in [-0.39, 0.29) is 11.3 Å². The topological polar surface area (TPSA) is 45.2 Å². The molecule has 0 aliphatic heterocycles. The smallest absolute Gasteiger partial charge is 0.255 e. The van der Waals surface area contributed by atoms with Crippen molar-refractivity contribution >= 4 is 19.3 Å². The zero-order valence-corrected chi connectivity index (χ0v) is 13.4. The third-order valence-corrected chi connectivity index (χ3v) is 3.04. The van der Waals surface area contributed by atoms with Gasteiger partial charge in [0.1, 0.15) is 0 Å². The summed E-state index contributed by atoms with van der Waals surface area (Å²) >= 11 is 0. The van der Waals surface area contributed by atoms with Gasteiger partial charge >= 0.3 is 0 Å². The fourth-order valence-corrected chi connectivity index (χ4v) is 1.86. The van der Waals surface area contributed by atoms with Crippen molar-refractivity contribution in [3.63, 3.8) is 0 Å². The largest absolute Gasteiger partial charge is 0.338 e. The Morgan fingerprint density at radius 1 is 1.40 bits per heavy atom. The van der Waals surface area contributed by atoms with E-state index in [0.29, 0.717) is 12.1 Å². The van der Waals surface area contributed by atoms with Crippen LogP contribution in [0.1, 0.15) is 38.1 Å². The molecule has 0 spiro atoms. The van der Waals surface area contributed by atoms with Crippen LogP contribution in [0.4, 0.5) is 0 Å². The highest BCUT2D eigenvalue weighted by Gasteiger charge is 2.14. The molecule has 20 heavy (non-hydrogen) atoms. The Kier molecular flexibility index (Phi) is 6.21. The van der Waals surface area contributed by atoms with Crippen molar-refractivity contribution < 1.29 is 4.79 Å². The van der Waals surface area contributed by atoms with E-state index in [1.165, 1.54) is 0 Å². The van der Waals surface area contributed by atoms with Crippen molar-refractivity contribution in [3.05, 3.63) is 23.9 Å². The predicted molar refractivity (Wildman–Crippen MR) is 86.3 cm³/mol. The van der Waals surface area contributed by atoms with Crippen LogP contribution < -0.4 is 10.9 Å². The summed E-state index contributed by atoms with van der Waals surface area (Å²) in [5.74, 6) is 0.0533. The number of aromatic nitrogens is 1. The van der Waals surface area contributed by atoms with E-state index in [1.807, 2.05) is 31.8 Å². The molecule has 1 heterocycles. The van der Waals surface area contributed by atoms with Gasteiger partial charge in [0.25, 0.3) is 5.91 Å². The summed E-state index contributed by atoms with van der Waals surface area (Å²) in [6, 6.07) is 3.72. The molecule has 1 amide bonds. The molecule has 5 heteroatoms. The lowest BCUT2D eigenvalue weighted by Gasteiger charge is -2.23. The Labute approximate surface area is 123 Å². The number of amides is 1. The van der Waals surface area contributed by atoms with Crippen LogP contribution in [0.3, 0.4) is 0 Å². The van der Waals surface area contributed by atoms with Gasteiger partial charge in [0.2, 0.25) is 0 Å². The number of hydrogen-bond acceptors (Lipinski definition) is 3. The molecule has 1 N–H and O–H groups in total. The lowest BCUT2D eigenvalue weighted by atomic mass is 9.97. The first-order valence-corrected chi connectivity index (χ1v) is 7.26. The van der Waals surface area contributed by atoms with Crippen LogP contribution in [0.25, 0.3) is 0 Å². The molecule has 0 unspecified atom stereocenters. The van der Waals surface area contributed by atoms with Gasteiger partial charge in [-0.05, 0) is 24.0 Å². The van der Waals surface area contributed by atoms with Crippen LogP contribution in [-0.4, -0.2) is 49.8 Å². The number of pyridine rings is 1. The zero-order valence-electron chi connectivity index (χ0n) is 13.4. The van der Waals surface area contributed by atoms with E-state index in [4.69, 9.17) is 0 Å². The standard InChI is InChI=1S/C15H26BN3O/c1-5-19(9-8-17-11-15(2,3)4)14(20)12-6-7-13(16)18-10-12/h6-7,10,17H,5,8-9,11,16H2,1-4H3. The lowest BCUT2D eigenvalue weighted by Crippen LogP contribution is -2.38. The maximum Gasteiger partial charge on any atom is 0.255 e. The monoisotopic (exact) mass is 275 g/mol. The summed E-state index contributed by atoms with van der Waals surface area (Å²) in [6.45, 7) is 11.8. The highest BCUT2D eigenvalue weighted by atomic mass is 16.2. The average Bonchev–Trinajstić information content (AvgIpc) is 2.38. The maximum atomic E-state index is 12.3. The summed E-state index contributed by atoms with van der Waals surface area (Å²) < 4.78 is 0. The quantitative estimate of drug-likeness (QED) is 0.605. The summed E-state index contributed by atoms with van der Waals surface area (Å²) in [5.41, 5.74) is 1.85. The lowest BCUT2D eigenvalue weighted by molar-refractivity contribution is 0.0764. The SMILES string of the molecule is Bc1ccc(C(=O)N(CC)CCNCC(C)(C)C)cn1. The molecule has 0 saturated carbocycles. The van der Waals surface area contributed by atoms with Crippen molar-refractivity contribution in [1.29, 1.82) is 0 Å². The molecular weight excluding hydrogens is 249 g/mol. The van der Waals surface area contributed by atoms with E-state index in [2.05, 4.69) is 31.1 Å². The Bertz CT molecular complexity index is 426. The van der Waals surface area contributed by atoms with Crippen LogP contribution in [0, 0.1) is 5.41 Å². The molecule has 4 nitrogen and oxygen atoms in total. The first-order valence-electron chi connectivity index (χ1n) is 7.26. The second-order valence-corrected chi connectivity index (χ2v) is 6.31. The predicted octanol–water partition coefficient (Wildman–Crippen LogP) is 0.438. The molecule has 0 fully saturated rings. The molecule has 110 valence electrons. The van der Waals surface area contributed by atoms with Crippen molar-refractivity contribution in [3.8, 4) is 0 Å². The van der Waals surface area contributed by atoms with Gasteiger partial charge < -0.3 is 10.2 Å². The molecule has 1 aromatic heterocycles. The second kappa shape index (κ2) is 7.43. The number of hydrogen-bond donors (Lipinski definition) is 1. The summed E-state index contributed by atoms with van der Waals surface area (Å²) in [7, 11) is 1.92. The van der Waals surface area contributed by atoms with Gasteiger partial charge in [0.05, 0.1) is 5.56 Å². The average molecular weight is 275 g/mol. The van der Waals surface area contributed by atoms with Crippen LogP contribution >= 0.6 is 0 Å². The summed E-state index contributed by atoms with van der Waals surface area (Å²) in [6.07, 6.45) is 1.66. The van der Waals surface area contributed by atoms with Crippen LogP contribution in [0.15, 0.2) is 18.3 Å². The number of likely N-dealkylation sites (N-methyl/N-ethyl adjacent to an activating group) is 1. The third kappa shape index (κ3) is 5.74. The minimum absolute atomic E-state index is 0.0533. The minimum atomic E-state index is 0.0533. The first kappa shape index (κ1) is 16.7. The van der Waals surface area contributed by atoms with Gasteiger partial charge in [-0.1, -0.05) is 26.8 Å². The molecule has 0 saturated heterocycles. The Morgan fingerprint density at radius 3 is 2.60 bits per heavy atom. The van der Waals surface area contributed by atoms with Crippen LogP contribution in [-0.2, 0) is 0 Å². The molecule has 0 bridgehead atoms. The highest BCUT2D eigenvalue weighted by Crippen LogP contribution is 2.10. The van der Waals surface area contributed by atoms with Crippen molar-refractivity contribution in [1.82, 2.24) is 15.2 Å². The van der Waals surface area contributed by atoms with E-state index >= 15 is 0 Å². The van der Waals surface area contributed by atoms with Gasteiger partial charge in [-0.25, -0.2) is 0 Å². The Morgan fingerprint density at radius 2 is 2.10 bits per heavy atom. The fraction of sp³-hybridized carbons (Fsp3) is 0.600. The summed E-state index contributed by atoms with van der Waals surface area (Å²) in [5, 5.41) is 3.40. The fourth-order valence-electron chi connectivity index (χ4n) is 1.86. The first-order chi connectivity index (χ1) is 9.33. The molecule has 1 rings (SSSR count). The van der Waals surface area contributed by atoms with Crippen molar-refractivity contribution in [2.24, 2.45) is 5.41 Å². The normalized spacial score (nSPS) is 11.4. The summed E-state index contributed by atoms with van der Waals surface area (Å²) in [4.78, 5) is 18.4. The molecule has 0 aliphatic carbocycles. The van der Waals surface area contributed by atoms with Gasteiger partial charge in [0, 0.05) is 32.4 Å². The Balaban J connectivity index is 2.49. The number of nitrogens with zero attached hydrogens (tertiary/aromatic N) is 2. The number of nitrogens with one attached hydrogen (secondary N) is 1. The van der Waals surface area contributed by atoms with Crippen molar-refractivity contribution in [2.45, 2.75) is 27.7 Å². The minimum Gasteiger partial charge on any atom is -0.338 e.